The Morgan fingerprint density at radius 2 is 2.31 bits per heavy atom. The average Bonchev–Trinajstić information content (AvgIpc) is 2.47. The predicted molar refractivity (Wildman–Crippen MR) is 49.3 cm³/mol. The molecule has 0 N–H and O–H groups in total. The Balaban J connectivity index is 2.18. The van der Waals surface area contributed by atoms with Crippen molar-refractivity contribution in [3.05, 3.63) is 0 Å². The van der Waals surface area contributed by atoms with Gasteiger partial charge in [-0.05, 0) is 30.6 Å². The molecule has 2 heteroatoms. The summed E-state index contributed by atoms with van der Waals surface area (Å²) < 4.78 is 0. The lowest BCUT2D eigenvalue weighted by Crippen LogP contribution is -2.33. The highest BCUT2D eigenvalue weighted by atomic mass is 16.1. The van der Waals surface area contributed by atoms with Crippen molar-refractivity contribution in [1.82, 2.24) is 0 Å². The van der Waals surface area contributed by atoms with Gasteiger partial charge in [0, 0.05) is 19.3 Å². The number of Topliss-reactive ketones (excluding diaryl/α,β-unsaturated/α-hetero) is 1. The molecule has 0 bridgehead atoms. The normalized spacial score (nSPS) is 38.8. The molecule has 13 heavy (non-hydrogen) atoms. The van der Waals surface area contributed by atoms with Crippen molar-refractivity contribution in [2.75, 3.05) is 0 Å². The van der Waals surface area contributed by atoms with Gasteiger partial charge in [-0.2, -0.15) is 0 Å². The number of hydrogen-bond acceptors (Lipinski definition) is 2. The molecule has 72 valence electrons. The van der Waals surface area contributed by atoms with E-state index in [2.05, 4.69) is 0 Å². The molecular formula is C11H16O2. The Morgan fingerprint density at radius 3 is 3.08 bits per heavy atom. The SMILES string of the molecule is O=CC[C@]12CCC[C@H]1CCC(=O)C2. The Bertz CT molecular complexity index is 234. The highest BCUT2D eigenvalue weighted by molar-refractivity contribution is 5.80. The average molecular weight is 180 g/mol. The highest BCUT2D eigenvalue weighted by Crippen LogP contribution is 2.52. The minimum Gasteiger partial charge on any atom is -0.303 e. The van der Waals surface area contributed by atoms with E-state index in [1.807, 2.05) is 0 Å². The van der Waals surface area contributed by atoms with Crippen LogP contribution < -0.4 is 0 Å². The van der Waals surface area contributed by atoms with E-state index in [0.29, 0.717) is 24.5 Å². The van der Waals surface area contributed by atoms with Crippen LogP contribution in [0.2, 0.25) is 0 Å². The van der Waals surface area contributed by atoms with Crippen LogP contribution in [-0.4, -0.2) is 12.1 Å². The van der Waals surface area contributed by atoms with Crippen molar-refractivity contribution in [2.45, 2.75) is 44.9 Å². The Hall–Kier alpha value is -0.660. The van der Waals surface area contributed by atoms with Crippen LogP contribution in [-0.2, 0) is 9.59 Å². The van der Waals surface area contributed by atoms with Gasteiger partial charge in [-0.3, -0.25) is 4.79 Å². The van der Waals surface area contributed by atoms with Gasteiger partial charge in [0.2, 0.25) is 0 Å². The van der Waals surface area contributed by atoms with Gasteiger partial charge in [0.1, 0.15) is 12.1 Å². The predicted octanol–water partition coefficient (Wildman–Crippen LogP) is 2.11. The zero-order valence-corrected chi connectivity index (χ0v) is 7.92. The summed E-state index contributed by atoms with van der Waals surface area (Å²) in [4.78, 5) is 22.0. The molecule has 2 aliphatic rings. The quantitative estimate of drug-likeness (QED) is 0.610. The first-order chi connectivity index (χ1) is 6.27. The van der Waals surface area contributed by atoms with E-state index in [1.165, 1.54) is 12.8 Å². The van der Waals surface area contributed by atoms with Crippen LogP contribution in [0.5, 0.6) is 0 Å². The van der Waals surface area contributed by atoms with Crippen LogP contribution in [0, 0.1) is 11.3 Å². The zero-order valence-electron chi connectivity index (χ0n) is 7.92. The summed E-state index contributed by atoms with van der Waals surface area (Å²) in [7, 11) is 0. The van der Waals surface area contributed by atoms with Gasteiger partial charge in [-0.1, -0.05) is 6.42 Å². The van der Waals surface area contributed by atoms with Crippen LogP contribution in [0.3, 0.4) is 0 Å². The van der Waals surface area contributed by atoms with Gasteiger partial charge in [0.25, 0.3) is 0 Å². The summed E-state index contributed by atoms with van der Waals surface area (Å²) in [6.07, 6.45) is 7.64. The maximum absolute atomic E-state index is 11.4. The summed E-state index contributed by atoms with van der Waals surface area (Å²) in [5, 5.41) is 0. The molecule has 0 aliphatic heterocycles. The molecule has 0 heterocycles. The lowest BCUT2D eigenvalue weighted by Gasteiger charge is -2.37. The second kappa shape index (κ2) is 3.24. The lowest BCUT2D eigenvalue weighted by atomic mass is 9.66. The third-order valence-electron chi connectivity index (χ3n) is 3.90. The molecule has 0 unspecified atom stereocenters. The number of carbonyl (C=O) groups is 2. The van der Waals surface area contributed by atoms with Gasteiger partial charge in [-0.25, -0.2) is 0 Å². The molecule has 0 aromatic carbocycles. The Kier molecular flexibility index (Phi) is 2.22. The number of aldehydes is 1. The van der Waals surface area contributed by atoms with Crippen LogP contribution in [0.4, 0.5) is 0 Å². The van der Waals surface area contributed by atoms with E-state index in [0.717, 1.165) is 25.5 Å². The standard InChI is InChI=1S/C11H16O2/c12-7-6-11-5-1-2-9(11)3-4-10(13)8-11/h7,9H,1-6,8H2/t9-,11-/m0/s1. The third kappa shape index (κ3) is 1.43. The van der Waals surface area contributed by atoms with E-state index in [-0.39, 0.29) is 5.41 Å². The maximum atomic E-state index is 11.4. The van der Waals surface area contributed by atoms with Gasteiger partial charge in [0.05, 0.1) is 0 Å². The molecule has 0 saturated heterocycles. The molecular weight excluding hydrogens is 164 g/mol. The Labute approximate surface area is 78.7 Å². The first kappa shape index (κ1) is 8.92. The molecule has 2 fully saturated rings. The largest absolute Gasteiger partial charge is 0.303 e. The van der Waals surface area contributed by atoms with E-state index in [9.17, 15) is 9.59 Å². The van der Waals surface area contributed by atoms with Crippen LogP contribution >= 0.6 is 0 Å². The van der Waals surface area contributed by atoms with Crippen molar-refractivity contribution >= 4 is 12.1 Å². The highest BCUT2D eigenvalue weighted by Gasteiger charge is 2.45. The lowest BCUT2D eigenvalue weighted by molar-refractivity contribution is -0.126. The second-order valence-electron chi connectivity index (χ2n) is 4.58. The maximum Gasteiger partial charge on any atom is 0.133 e. The first-order valence-electron chi connectivity index (χ1n) is 5.22. The number of carbonyl (C=O) groups excluding carboxylic acids is 2. The third-order valence-corrected chi connectivity index (χ3v) is 3.90. The summed E-state index contributed by atoms with van der Waals surface area (Å²) in [5.74, 6) is 1.04. The second-order valence-corrected chi connectivity index (χ2v) is 4.58. The molecule has 2 atom stereocenters. The summed E-state index contributed by atoms with van der Waals surface area (Å²) >= 11 is 0. The van der Waals surface area contributed by atoms with Crippen molar-refractivity contribution in [1.29, 1.82) is 0 Å². The van der Waals surface area contributed by atoms with Crippen molar-refractivity contribution in [2.24, 2.45) is 11.3 Å². The molecule has 0 spiro atoms. The van der Waals surface area contributed by atoms with Crippen molar-refractivity contribution in [3.63, 3.8) is 0 Å². The van der Waals surface area contributed by atoms with Crippen LogP contribution in [0.25, 0.3) is 0 Å². The fourth-order valence-electron chi connectivity index (χ4n) is 3.22. The van der Waals surface area contributed by atoms with Gasteiger partial charge in [-0.15, -0.1) is 0 Å². The van der Waals surface area contributed by atoms with Gasteiger partial charge in [0.15, 0.2) is 0 Å². The molecule has 0 aromatic rings. The fraction of sp³-hybridized carbons (Fsp3) is 0.818. The number of fused-ring (bicyclic) bond motifs is 1. The number of rotatable bonds is 2. The monoisotopic (exact) mass is 180 g/mol. The molecule has 2 nitrogen and oxygen atoms in total. The minimum absolute atomic E-state index is 0.0943. The topological polar surface area (TPSA) is 34.1 Å². The van der Waals surface area contributed by atoms with Crippen LogP contribution in [0.1, 0.15) is 44.9 Å². The molecule has 2 rings (SSSR count). The molecule has 0 amide bonds. The van der Waals surface area contributed by atoms with Gasteiger partial charge < -0.3 is 4.79 Å². The fourth-order valence-corrected chi connectivity index (χ4v) is 3.22. The first-order valence-corrected chi connectivity index (χ1v) is 5.22. The molecule has 0 aromatic heterocycles. The smallest absolute Gasteiger partial charge is 0.133 e. The summed E-state index contributed by atoms with van der Waals surface area (Å²) in [6, 6.07) is 0. The van der Waals surface area contributed by atoms with E-state index in [1.54, 1.807) is 0 Å². The molecule has 0 radical (unpaired) electrons. The molecule has 2 saturated carbocycles. The Morgan fingerprint density at radius 1 is 1.46 bits per heavy atom. The van der Waals surface area contributed by atoms with E-state index in [4.69, 9.17) is 0 Å². The zero-order chi connectivity index (χ0) is 9.31. The number of ketones is 1. The van der Waals surface area contributed by atoms with Crippen molar-refractivity contribution in [3.8, 4) is 0 Å². The summed E-state index contributed by atoms with van der Waals surface area (Å²) in [6.45, 7) is 0. The number of hydrogen-bond donors (Lipinski definition) is 0. The summed E-state index contributed by atoms with van der Waals surface area (Å²) in [5.41, 5.74) is 0.0943. The van der Waals surface area contributed by atoms with Crippen LogP contribution in [0.15, 0.2) is 0 Å². The van der Waals surface area contributed by atoms with Crippen molar-refractivity contribution < 1.29 is 9.59 Å². The van der Waals surface area contributed by atoms with E-state index >= 15 is 0 Å². The van der Waals surface area contributed by atoms with E-state index < -0.39 is 0 Å². The van der Waals surface area contributed by atoms with Gasteiger partial charge >= 0.3 is 0 Å². The minimum atomic E-state index is 0.0943. The molecule has 2 aliphatic carbocycles.